The lowest BCUT2D eigenvalue weighted by Crippen LogP contribution is -2.47. The Balaban J connectivity index is 1.61. The third-order valence-electron chi connectivity index (χ3n) is 6.14. The number of hydrogen-bond donors (Lipinski definition) is 1. The van der Waals surface area contributed by atoms with Crippen LogP contribution in [0.4, 0.5) is 17.1 Å². The summed E-state index contributed by atoms with van der Waals surface area (Å²) in [6.07, 6.45) is 0. The second-order valence-electron chi connectivity index (χ2n) is 8.49. The summed E-state index contributed by atoms with van der Waals surface area (Å²) in [5, 5.41) is 11.9. The van der Waals surface area contributed by atoms with Crippen LogP contribution in [0.15, 0.2) is 65.7 Å². The van der Waals surface area contributed by atoms with Crippen LogP contribution < -0.4 is 10.4 Å². The zero-order chi connectivity index (χ0) is 24.5. The van der Waals surface area contributed by atoms with Crippen LogP contribution in [-0.4, -0.2) is 54.8 Å². The van der Waals surface area contributed by atoms with Gasteiger partial charge in [-0.1, -0.05) is 23.2 Å². The molecule has 0 radical (unpaired) electrons. The molecule has 0 atom stereocenters. The number of hydrogen-bond acceptors (Lipinski definition) is 6. The average molecular weight is 505 g/mol. The first-order valence-corrected chi connectivity index (χ1v) is 11.9. The Morgan fingerprint density at radius 2 is 1.60 bits per heavy atom. The minimum atomic E-state index is -0.320. The molecular formula is C26H22Cl2N6O. The monoisotopic (exact) mass is 504 g/mol. The van der Waals surface area contributed by atoms with E-state index in [-0.39, 0.29) is 5.91 Å². The van der Waals surface area contributed by atoms with Crippen molar-refractivity contribution in [1.29, 1.82) is 5.26 Å². The molecule has 0 saturated carbocycles. The largest absolute Gasteiger partial charge is 0.353 e. The van der Waals surface area contributed by atoms with Crippen LogP contribution in [0.25, 0.3) is 0 Å². The van der Waals surface area contributed by atoms with Crippen LogP contribution in [0.3, 0.4) is 0 Å². The van der Waals surface area contributed by atoms with Crippen molar-refractivity contribution in [1.82, 2.24) is 15.2 Å². The molecule has 9 heteroatoms. The second kappa shape index (κ2) is 9.59. The van der Waals surface area contributed by atoms with E-state index in [2.05, 4.69) is 28.3 Å². The Hall–Kier alpha value is -3.57. The lowest BCUT2D eigenvalue weighted by Gasteiger charge is -2.35. The van der Waals surface area contributed by atoms with Gasteiger partial charge in [0.2, 0.25) is 0 Å². The summed E-state index contributed by atoms with van der Waals surface area (Å²) in [5.74, 6) is 0.466. The number of nitriles is 1. The molecule has 0 spiro atoms. The van der Waals surface area contributed by atoms with Crippen LogP contribution in [0.5, 0.6) is 0 Å². The molecule has 1 fully saturated rings. The first-order valence-electron chi connectivity index (χ1n) is 11.2. The molecule has 5 rings (SSSR count). The number of piperazine rings is 1. The normalized spacial score (nSPS) is 15.4. The van der Waals surface area contributed by atoms with Gasteiger partial charge in [-0.3, -0.25) is 15.2 Å². The summed E-state index contributed by atoms with van der Waals surface area (Å²) >= 11 is 12.8. The van der Waals surface area contributed by atoms with Gasteiger partial charge in [-0.2, -0.15) is 5.26 Å². The maximum Gasteiger partial charge on any atom is 0.270 e. The minimum Gasteiger partial charge on any atom is -0.353 e. The number of anilines is 2. The number of rotatable bonds is 2. The van der Waals surface area contributed by atoms with Crippen molar-refractivity contribution >= 4 is 52.0 Å². The smallest absolute Gasteiger partial charge is 0.270 e. The summed E-state index contributed by atoms with van der Waals surface area (Å²) in [6, 6.07) is 19.5. The summed E-state index contributed by atoms with van der Waals surface area (Å²) in [6.45, 7) is 3.45. The molecule has 0 unspecified atom stereocenters. The minimum absolute atomic E-state index is 0.320. The van der Waals surface area contributed by atoms with E-state index in [1.165, 1.54) is 0 Å². The Morgan fingerprint density at radius 1 is 0.943 bits per heavy atom. The van der Waals surface area contributed by atoms with E-state index in [1.54, 1.807) is 47.5 Å². The van der Waals surface area contributed by atoms with E-state index in [4.69, 9.17) is 33.5 Å². The molecule has 0 aromatic heterocycles. The van der Waals surface area contributed by atoms with E-state index in [9.17, 15) is 4.79 Å². The number of hydrazine groups is 1. The van der Waals surface area contributed by atoms with E-state index in [0.29, 0.717) is 32.5 Å². The molecule has 1 saturated heterocycles. The fourth-order valence-electron chi connectivity index (χ4n) is 4.20. The highest BCUT2D eigenvalue weighted by Gasteiger charge is 2.29. The fraction of sp³-hybridized carbons (Fsp3) is 0.192. The maximum absolute atomic E-state index is 13.3. The van der Waals surface area contributed by atoms with Gasteiger partial charge in [0, 0.05) is 47.4 Å². The highest BCUT2D eigenvalue weighted by Crippen LogP contribution is 2.41. The van der Waals surface area contributed by atoms with Crippen LogP contribution in [0, 0.1) is 11.3 Å². The van der Waals surface area contributed by atoms with Gasteiger partial charge in [0.1, 0.15) is 5.84 Å². The van der Waals surface area contributed by atoms with Gasteiger partial charge in [-0.05, 0) is 67.7 Å². The van der Waals surface area contributed by atoms with Crippen molar-refractivity contribution in [2.24, 2.45) is 4.99 Å². The predicted octanol–water partition coefficient (Wildman–Crippen LogP) is 4.99. The van der Waals surface area contributed by atoms with Gasteiger partial charge in [-0.15, -0.1) is 0 Å². The maximum atomic E-state index is 13.3. The summed E-state index contributed by atoms with van der Waals surface area (Å²) in [4.78, 5) is 22.8. The quantitative estimate of drug-likeness (QED) is 0.532. The summed E-state index contributed by atoms with van der Waals surface area (Å²) < 4.78 is 0. The zero-order valence-electron chi connectivity index (χ0n) is 19.0. The van der Waals surface area contributed by atoms with Gasteiger partial charge >= 0.3 is 0 Å². The van der Waals surface area contributed by atoms with Crippen molar-refractivity contribution in [2.45, 2.75) is 0 Å². The predicted molar refractivity (Wildman–Crippen MR) is 139 cm³/mol. The Labute approximate surface area is 213 Å². The topological polar surface area (TPSA) is 75.0 Å². The molecule has 2 aliphatic rings. The van der Waals surface area contributed by atoms with Gasteiger partial charge < -0.3 is 9.80 Å². The van der Waals surface area contributed by atoms with Gasteiger partial charge in [0.05, 0.1) is 28.7 Å². The lowest BCUT2D eigenvalue weighted by molar-refractivity contribution is 0.0954. The molecule has 7 nitrogen and oxygen atoms in total. The number of amidine groups is 1. The van der Waals surface area contributed by atoms with Crippen molar-refractivity contribution in [2.75, 3.05) is 38.2 Å². The SMILES string of the molecule is CN1CCN(C2=Nc3cc(Cl)ccc3N(NC(=O)c3ccc(C#N)cc3)c3ccc(Cl)cc32)CC1. The number of halogens is 2. The number of benzene rings is 3. The third-order valence-corrected chi connectivity index (χ3v) is 6.61. The molecule has 1 N–H and O–H groups in total. The highest BCUT2D eigenvalue weighted by molar-refractivity contribution is 6.32. The number of nitrogens with one attached hydrogen (secondary N) is 1. The molecule has 3 aromatic carbocycles. The van der Waals surface area contributed by atoms with Crippen LogP contribution >= 0.6 is 23.2 Å². The molecule has 0 aliphatic carbocycles. The molecule has 3 aromatic rings. The van der Waals surface area contributed by atoms with Crippen LogP contribution in [0.1, 0.15) is 21.5 Å². The molecule has 2 heterocycles. The summed E-state index contributed by atoms with van der Waals surface area (Å²) in [7, 11) is 2.10. The van der Waals surface area contributed by atoms with Gasteiger partial charge in [0.15, 0.2) is 0 Å². The number of likely N-dealkylation sites (N-methyl/N-ethyl adjacent to an activating group) is 1. The number of fused-ring (bicyclic) bond motifs is 2. The Kier molecular flexibility index (Phi) is 6.35. The fourth-order valence-corrected chi connectivity index (χ4v) is 4.54. The molecular weight excluding hydrogens is 483 g/mol. The van der Waals surface area contributed by atoms with E-state index in [1.807, 2.05) is 18.2 Å². The van der Waals surface area contributed by atoms with Crippen LogP contribution in [-0.2, 0) is 0 Å². The number of carbonyl (C=O) groups is 1. The molecule has 35 heavy (non-hydrogen) atoms. The number of carbonyl (C=O) groups excluding carboxylic acids is 1. The van der Waals surface area contributed by atoms with Crippen molar-refractivity contribution < 1.29 is 4.79 Å². The van der Waals surface area contributed by atoms with E-state index < -0.39 is 0 Å². The number of amides is 1. The first kappa shape index (κ1) is 23.2. The summed E-state index contributed by atoms with van der Waals surface area (Å²) in [5.41, 5.74) is 6.82. The highest BCUT2D eigenvalue weighted by atomic mass is 35.5. The zero-order valence-corrected chi connectivity index (χ0v) is 20.5. The van der Waals surface area contributed by atoms with Crippen molar-refractivity contribution in [3.8, 4) is 6.07 Å². The first-order chi connectivity index (χ1) is 16.9. The molecule has 1 amide bonds. The van der Waals surface area contributed by atoms with E-state index in [0.717, 1.165) is 43.3 Å². The van der Waals surface area contributed by atoms with Gasteiger partial charge in [0.25, 0.3) is 5.91 Å². The Bertz CT molecular complexity index is 1360. The Morgan fingerprint density at radius 3 is 2.29 bits per heavy atom. The lowest BCUT2D eigenvalue weighted by atomic mass is 10.1. The number of aliphatic imine (C=N–C) groups is 1. The molecule has 176 valence electrons. The molecule has 2 aliphatic heterocycles. The third kappa shape index (κ3) is 4.69. The van der Waals surface area contributed by atoms with Crippen molar-refractivity contribution in [3.63, 3.8) is 0 Å². The number of nitrogens with zero attached hydrogens (tertiary/aromatic N) is 5. The van der Waals surface area contributed by atoms with Crippen LogP contribution in [0.2, 0.25) is 10.0 Å². The van der Waals surface area contributed by atoms with E-state index >= 15 is 0 Å². The van der Waals surface area contributed by atoms with Gasteiger partial charge in [-0.25, -0.2) is 4.99 Å². The average Bonchev–Trinajstić information content (AvgIpc) is 2.99. The second-order valence-corrected chi connectivity index (χ2v) is 9.36. The standard InChI is InChI=1S/C26H22Cl2N6O/c1-32-10-12-33(13-11-32)25-21-14-19(27)6-8-23(21)34(24-9-7-20(28)15-22(24)30-25)31-26(35)18-4-2-17(16-29)3-5-18/h2-9,14-15H,10-13H2,1H3,(H,31,35). The molecule has 0 bridgehead atoms. The van der Waals surface area contributed by atoms with Crippen molar-refractivity contribution in [3.05, 3.63) is 87.4 Å².